The summed E-state index contributed by atoms with van der Waals surface area (Å²) in [5.41, 5.74) is 0.898. The summed E-state index contributed by atoms with van der Waals surface area (Å²) in [6.45, 7) is 4.51. The third-order valence-electron chi connectivity index (χ3n) is 3.60. The first-order chi connectivity index (χ1) is 8.36. The molecular formula is C13H20N2O2S. The van der Waals surface area contributed by atoms with Crippen LogP contribution < -0.4 is 5.32 Å². The van der Waals surface area contributed by atoms with Crippen molar-refractivity contribution in [2.75, 3.05) is 11.6 Å². The number of nitrogens with one attached hydrogen (secondary N) is 1. The van der Waals surface area contributed by atoms with E-state index in [1.165, 1.54) is 19.1 Å². The summed E-state index contributed by atoms with van der Waals surface area (Å²) in [5.74, 6) is 1.56. The molecule has 1 fully saturated rings. The topological polar surface area (TPSA) is 59.1 Å². The molecule has 0 saturated heterocycles. The van der Waals surface area contributed by atoms with Crippen LogP contribution in [0.1, 0.15) is 26.7 Å². The predicted molar refractivity (Wildman–Crippen MR) is 72.3 cm³/mol. The smallest absolute Gasteiger partial charge is 0.192 e. The molecule has 0 aromatic carbocycles. The number of aromatic nitrogens is 1. The van der Waals surface area contributed by atoms with Crippen molar-refractivity contribution in [3.8, 4) is 0 Å². The second-order valence-electron chi connectivity index (χ2n) is 5.47. The molecule has 5 heteroatoms. The van der Waals surface area contributed by atoms with Crippen molar-refractivity contribution in [1.82, 2.24) is 4.98 Å². The standard InChI is InChI=1S/C13H20N2O2S/c1-9(2)10-6-12(7-10)15-11-4-5-13(14-8-11)18(3,16)17/h4-5,8-10,12,15H,6-7H2,1-3H3. The number of sulfone groups is 1. The molecule has 0 radical (unpaired) electrons. The molecule has 1 heterocycles. The van der Waals surface area contributed by atoms with Crippen LogP contribution in [0.25, 0.3) is 0 Å². The third kappa shape index (κ3) is 3.02. The Bertz CT molecular complexity index is 502. The first-order valence-corrected chi connectivity index (χ1v) is 8.18. The average Bonchev–Trinajstić information content (AvgIpc) is 2.21. The van der Waals surface area contributed by atoms with Crippen LogP contribution in [0.5, 0.6) is 0 Å². The van der Waals surface area contributed by atoms with E-state index in [1.54, 1.807) is 18.3 Å². The van der Waals surface area contributed by atoms with E-state index in [0.717, 1.165) is 17.5 Å². The van der Waals surface area contributed by atoms with E-state index in [0.29, 0.717) is 6.04 Å². The van der Waals surface area contributed by atoms with Crippen LogP contribution in [0.3, 0.4) is 0 Å². The van der Waals surface area contributed by atoms with Gasteiger partial charge >= 0.3 is 0 Å². The minimum Gasteiger partial charge on any atom is -0.381 e. The fourth-order valence-electron chi connectivity index (χ4n) is 2.24. The summed E-state index contributed by atoms with van der Waals surface area (Å²) in [6.07, 6.45) is 5.14. The molecule has 0 bridgehead atoms. The molecule has 1 N–H and O–H groups in total. The Labute approximate surface area is 109 Å². The molecule has 18 heavy (non-hydrogen) atoms. The highest BCUT2D eigenvalue weighted by Gasteiger charge is 2.30. The van der Waals surface area contributed by atoms with Gasteiger partial charge in [-0.2, -0.15) is 0 Å². The predicted octanol–water partition coefficient (Wildman–Crippen LogP) is 2.33. The second kappa shape index (κ2) is 4.88. The Morgan fingerprint density at radius 1 is 1.33 bits per heavy atom. The highest BCUT2D eigenvalue weighted by Crippen LogP contribution is 2.35. The van der Waals surface area contributed by atoms with Crippen LogP contribution in [-0.2, 0) is 9.84 Å². The molecule has 0 atom stereocenters. The van der Waals surface area contributed by atoms with Crippen molar-refractivity contribution in [3.63, 3.8) is 0 Å². The zero-order chi connectivity index (χ0) is 13.3. The fraction of sp³-hybridized carbons (Fsp3) is 0.615. The summed E-state index contributed by atoms with van der Waals surface area (Å²) in [4.78, 5) is 3.97. The summed E-state index contributed by atoms with van der Waals surface area (Å²) in [7, 11) is -3.20. The van der Waals surface area contributed by atoms with Gasteiger partial charge in [0.25, 0.3) is 0 Å². The van der Waals surface area contributed by atoms with Gasteiger partial charge in [0.2, 0.25) is 0 Å². The lowest BCUT2D eigenvalue weighted by atomic mass is 9.73. The average molecular weight is 268 g/mol. The number of rotatable bonds is 4. The van der Waals surface area contributed by atoms with Crippen molar-refractivity contribution < 1.29 is 8.42 Å². The van der Waals surface area contributed by atoms with Gasteiger partial charge in [0.15, 0.2) is 14.9 Å². The summed E-state index contributed by atoms with van der Waals surface area (Å²) in [5, 5.41) is 3.51. The largest absolute Gasteiger partial charge is 0.381 e. The molecule has 0 unspecified atom stereocenters. The lowest BCUT2D eigenvalue weighted by molar-refractivity contribution is 0.212. The number of hydrogen-bond acceptors (Lipinski definition) is 4. The number of pyridine rings is 1. The molecule has 0 spiro atoms. The maximum absolute atomic E-state index is 11.3. The molecule has 0 amide bonds. The molecule has 1 aromatic heterocycles. The van der Waals surface area contributed by atoms with Gasteiger partial charge in [0, 0.05) is 12.3 Å². The van der Waals surface area contributed by atoms with Crippen LogP contribution in [-0.4, -0.2) is 25.7 Å². The maximum Gasteiger partial charge on any atom is 0.192 e. The normalized spacial score (nSPS) is 23.8. The van der Waals surface area contributed by atoms with E-state index in [2.05, 4.69) is 24.1 Å². The lowest BCUT2D eigenvalue weighted by Crippen LogP contribution is -2.37. The second-order valence-corrected chi connectivity index (χ2v) is 7.44. The third-order valence-corrected chi connectivity index (χ3v) is 4.61. The fourth-order valence-corrected chi connectivity index (χ4v) is 2.80. The van der Waals surface area contributed by atoms with Gasteiger partial charge < -0.3 is 5.32 Å². The Morgan fingerprint density at radius 2 is 2.00 bits per heavy atom. The van der Waals surface area contributed by atoms with Crippen LogP contribution in [0.15, 0.2) is 23.4 Å². The van der Waals surface area contributed by atoms with Gasteiger partial charge in [-0.3, -0.25) is 0 Å². The van der Waals surface area contributed by atoms with Gasteiger partial charge in [0.1, 0.15) is 0 Å². The lowest BCUT2D eigenvalue weighted by Gasteiger charge is -2.39. The van der Waals surface area contributed by atoms with Crippen molar-refractivity contribution in [3.05, 3.63) is 18.3 Å². The summed E-state index contributed by atoms with van der Waals surface area (Å²) >= 11 is 0. The van der Waals surface area contributed by atoms with Crippen LogP contribution in [0, 0.1) is 11.8 Å². The highest BCUT2D eigenvalue weighted by atomic mass is 32.2. The minimum atomic E-state index is -3.20. The zero-order valence-corrected chi connectivity index (χ0v) is 11.9. The van der Waals surface area contributed by atoms with Crippen molar-refractivity contribution in [1.29, 1.82) is 0 Å². The van der Waals surface area contributed by atoms with Gasteiger partial charge in [-0.1, -0.05) is 13.8 Å². The van der Waals surface area contributed by atoms with Crippen molar-refractivity contribution >= 4 is 15.5 Å². The van der Waals surface area contributed by atoms with Gasteiger partial charge in [-0.25, -0.2) is 13.4 Å². The van der Waals surface area contributed by atoms with E-state index in [1.807, 2.05) is 0 Å². The zero-order valence-electron chi connectivity index (χ0n) is 11.1. The molecule has 1 saturated carbocycles. The van der Waals surface area contributed by atoms with Gasteiger partial charge in [0.05, 0.1) is 11.9 Å². The molecule has 2 rings (SSSR count). The van der Waals surface area contributed by atoms with Crippen LogP contribution in [0.4, 0.5) is 5.69 Å². The van der Waals surface area contributed by atoms with E-state index < -0.39 is 9.84 Å². The molecule has 0 aliphatic heterocycles. The molecular weight excluding hydrogens is 248 g/mol. The van der Waals surface area contributed by atoms with Crippen molar-refractivity contribution in [2.45, 2.75) is 37.8 Å². The first-order valence-electron chi connectivity index (χ1n) is 6.29. The monoisotopic (exact) mass is 268 g/mol. The van der Waals surface area contributed by atoms with Crippen molar-refractivity contribution in [2.24, 2.45) is 11.8 Å². The number of anilines is 1. The molecule has 1 aromatic rings. The van der Waals surface area contributed by atoms with E-state index in [-0.39, 0.29) is 5.03 Å². The Morgan fingerprint density at radius 3 is 2.44 bits per heavy atom. The highest BCUT2D eigenvalue weighted by molar-refractivity contribution is 7.90. The van der Waals surface area contributed by atoms with E-state index >= 15 is 0 Å². The van der Waals surface area contributed by atoms with Crippen LogP contribution in [0.2, 0.25) is 0 Å². The van der Waals surface area contributed by atoms with Gasteiger partial charge in [-0.05, 0) is 36.8 Å². The van der Waals surface area contributed by atoms with E-state index in [4.69, 9.17) is 0 Å². The molecule has 1 aliphatic rings. The molecule has 4 nitrogen and oxygen atoms in total. The Balaban J connectivity index is 1.93. The summed E-state index contributed by atoms with van der Waals surface area (Å²) in [6, 6.07) is 3.84. The molecule has 1 aliphatic carbocycles. The Hall–Kier alpha value is -1.10. The quantitative estimate of drug-likeness (QED) is 0.910. The van der Waals surface area contributed by atoms with Crippen LogP contribution >= 0.6 is 0 Å². The Kier molecular flexibility index (Phi) is 3.61. The number of hydrogen-bond donors (Lipinski definition) is 1. The SMILES string of the molecule is CC(C)C1CC(Nc2ccc(S(C)(=O)=O)nc2)C1. The number of nitrogens with zero attached hydrogens (tertiary/aromatic N) is 1. The first kappa shape index (κ1) is 13.3. The minimum absolute atomic E-state index is 0.127. The summed E-state index contributed by atoms with van der Waals surface area (Å²) < 4.78 is 22.5. The molecule has 100 valence electrons. The maximum atomic E-state index is 11.3. The van der Waals surface area contributed by atoms with E-state index in [9.17, 15) is 8.42 Å². The van der Waals surface area contributed by atoms with Gasteiger partial charge in [-0.15, -0.1) is 0 Å².